The zero-order valence-corrected chi connectivity index (χ0v) is 7.46. The molecule has 0 rings (SSSR count). The van der Waals surface area contributed by atoms with Gasteiger partial charge in [0.05, 0.1) is 6.61 Å². The molecule has 0 aromatic heterocycles. The van der Waals surface area contributed by atoms with Crippen molar-refractivity contribution in [3.63, 3.8) is 0 Å². The summed E-state index contributed by atoms with van der Waals surface area (Å²) < 4.78 is 4.72. The fourth-order valence-corrected chi connectivity index (χ4v) is 0.682. The van der Waals surface area contributed by atoms with E-state index in [1.54, 1.807) is 0 Å². The SMILES string of the molecule is C=C(C)CNC(COC)C(=O)O. The lowest BCUT2D eigenvalue weighted by molar-refractivity contribution is -0.140. The van der Waals surface area contributed by atoms with E-state index in [9.17, 15) is 4.79 Å². The van der Waals surface area contributed by atoms with Crippen molar-refractivity contribution in [2.45, 2.75) is 13.0 Å². The van der Waals surface area contributed by atoms with Crippen molar-refractivity contribution in [2.24, 2.45) is 0 Å². The van der Waals surface area contributed by atoms with Gasteiger partial charge in [-0.05, 0) is 6.92 Å². The summed E-state index contributed by atoms with van der Waals surface area (Å²) in [6.07, 6.45) is 0. The number of carboxylic acids is 1. The number of hydrogen-bond donors (Lipinski definition) is 2. The molecule has 0 aromatic carbocycles. The lowest BCUT2D eigenvalue weighted by Crippen LogP contribution is -2.40. The van der Waals surface area contributed by atoms with Crippen molar-refractivity contribution in [1.82, 2.24) is 5.32 Å². The summed E-state index contributed by atoms with van der Waals surface area (Å²) in [6, 6.07) is -0.647. The number of hydrogen-bond acceptors (Lipinski definition) is 3. The summed E-state index contributed by atoms with van der Waals surface area (Å²) >= 11 is 0. The van der Waals surface area contributed by atoms with Gasteiger partial charge >= 0.3 is 5.97 Å². The van der Waals surface area contributed by atoms with E-state index in [-0.39, 0.29) is 6.61 Å². The first-order chi connectivity index (χ1) is 5.57. The van der Waals surface area contributed by atoms with Crippen LogP contribution in [0.1, 0.15) is 6.92 Å². The van der Waals surface area contributed by atoms with Gasteiger partial charge in [0.2, 0.25) is 0 Å². The van der Waals surface area contributed by atoms with E-state index in [1.807, 2.05) is 6.92 Å². The quantitative estimate of drug-likeness (QED) is 0.565. The summed E-state index contributed by atoms with van der Waals surface area (Å²) in [6.45, 7) is 6.15. The average molecular weight is 173 g/mol. The first kappa shape index (κ1) is 11.1. The number of methoxy groups -OCH3 is 1. The van der Waals surface area contributed by atoms with Crippen LogP contribution in [0, 0.1) is 0 Å². The summed E-state index contributed by atoms with van der Waals surface area (Å²) in [4.78, 5) is 10.5. The number of aliphatic carboxylic acids is 1. The maximum absolute atomic E-state index is 10.5. The van der Waals surface area contributed by atoms with Crippen LogP contribution in [0.4, 0.5) is 0 Å². The Balaban J connectivity index is 3.79. The van der Waals surface area contributed by atoms with E-state index in [0.717, 1.165) is 5.57 Å². The van der Waals surface area contributed by atoms with Crippen LogP contribution in [0.5, 0.6) is 0 Å². The second-order valence-corrected chi connectivity index (χ2v) is 2.68. The molecule has 0 saturated carbocycles. The van der Waals surface area contributed by atoms with Gasteiger partial charge in [0.25, 0.3) is 0 Å². The van der Waals surface area contributed by atoms with Crippen LogP contribution in [0.25, 0.3) is 0 Å². The molecule has 4 heteroatoms. The van der Waals surface area contributed by atoms with Crippen LogP contribution < -0.4 is 5.32 Å². The molecule has 0 heterocycles. The van der Waals surface area contributed by atoms with Gasteiger partial charge in [0.15, 0.2) is 0 Å². The number of ether oxygens (including phenoxy) is 1. The predicted molar refractivity (Wildman–Crippen MR) is 46.1 cm³/mol. The molecule has 0 fully saturated rings. The highest BCUT2D eigenvalue weighted by Crippen LogP contribution is 1.88. The van der Waals surface area contributed by atoms with Gasteiger partial charge in [-0.25, -0.2) is 0 Å². The van der Waals surface area contributed by atoms with Gasteiger partial charge in [-0.15, -0.1) is 0 Å². The lowest BCUT2D eigenvalue weighted by Gasteiger charge is -2.12. The Morgan fingerprint density at radius 2 is 2.33 bits per heavy atom. The van der Waals surface area contributed by atoms with E-state index in [4.69, 9.17) is 9.84 Å². The van der Waals surface area contributed by atoms with E-state index < -0.39 is 12.0 Å². The van der Waals surface area contributed by atoms with Crippen LogP contribution in [0.3, 0.4) is 0 Å². The monoisotopic (exact) mass is 173 g/mol. The topological polar surface area (TPSA) is 58.6 Å². The number of carbonyl (C=O) groups is 1. The Labute approximate surface area is 72.2 Å². The smallest absolute Gasteiger partial charge is 0.323 e. The van der Waals surface area contributed by atoms with Gasteiger partial charge < -0.3 is 9.84 Å². The molecular formula is C8H15NO3. The molecule has 2 N–H and O–H groups in total. The Morgan fingerprint density at radius 1 is 1.75 bits per heavy atom. The van der Waals surface area contributed by atoms with Crippen molar-refractivity contribution < 1.29 is 14.6 Å². The Kier molecular flexibility index (Phi) is 5.32. The maximum atomic E-state index is 10.5. The molecule has 0 bridgehead atoms. The van der Waals surface area contributed by atoms with Gasteiger partial charge in [0.1, 0.15) is 6.04 Å². The van der Waals surface area contributed by atoms with Crippen molar-refractivity contribution in [3.8, 4) is 0 Å². The highest BCUT2D eigenvalue weighted by molar-refractivity contribution is 5.73. The molecule has 0 aliphatic rings. The van der Waals surface area contributed by atoms with Crippen LogP contribution in [-0.4, -0.2) is 37.4 Å². The van der Waals surface area contributed by atoms with Crippen molar-refractivity contribution in [3.05, 3.63) is 12.2 Å². The molecule has 0 saturated heterocycles. The normalized spacial score (nSPS) is 12.5. The molecule has 70 valence electrons. The molecule has 0 spiro atoms. The molecule has 12 heavy (non-hydrogen) atoms. The van der Waals surface area contributed by atoms with E-state index in [2.05, 4.69) is 11.9 Å². The zero-order valence-electron chi connectivity index (χ0n) is 7.46. The molecule has 1 unspecified atom stereocenters. The molecule has 0 aliphatic heterocycles. The van der Waals surface area contributed by atoms with E-state index in [1.165, 1.54) is 7.11 Å². The van der Waals surface area contributed by atoms with Gasteiger partial charge in [-0.1, -0.05) is 12.2 Å². The van der Waals surface area contributed by atoms with Crippen LogP contribution in [0.15, 0.2) is 12.2 Å². The highest BCUT2D eigenvalue weighted by Gasteiger charge is 2.15. The molecular weight excluding hydrogens is 158 g/mol. The molecule has 0 aromatic rings. The third kappa shape index (κ3) is 4.87. The standard InChI is InChI=1S/C8H15NO3/c1-6(2)4-9-7(5-12-3)8(10)11/h7,9H,1,4-5H2,2-3H3,(H,10,11). The highest BCUT2D eigenvalue weighted by atomic mass is 16.5. The van der Waals surface area contributed by atoms with E-state index in [0.29, 0.717) is 6.54 Å². The predicted octanol–water partition coefficient (Wildman–Crippen LogP) is 0.252. The zero-order chi connectivity index (χ0) is 9.56. The molecule has 0 amide bonds. The molecule has 0 radical (unpaired) electrons. The Hall–Kier alpha value is -0.870. The van der Waals surface area contributed by atoms with Crippen molar-refractivity contribution in [1.29, 1.82) is 0 Å². The Morgan fingerprint density at radius 3 is 2.67 bits per heavy atom. The number of carboxylic acid groups (broad SMARTS) is 1. The van der Waals surface area contributed by atoms with Crippen molar-refractivity contribution >= 4 is 5.97 Å². The largest absolute Gasteiger partial charge is 0.480 e. The summed E-state index contributed by atoms with van der Waals surface area (Å²) in [5, 5.41) is 11.4. The average Bonchev–Trinajstić information content (AvgIpc) is 1.96. The van der Waals surface area contributed by atoms with Gasteiger partial charge in [-0.2, -0.15) is 0 Å². The second kappa shape index (κ2) is 5.74. The molecule has 1 atom stereocenters. The minimum atomic E-state index is -0.905. The van der Waals surface area contributed by atoms with E-state index >= 15 is 0 Å². The first-order valence-corrected chi connectivity index (χ1v) is 3.67. The summed E-state index contributed by atoms with van der Waals surface area (Å²) in [5.41, 5.74) is 0.900. The van der Waals surface area contributed by atoms with Crippen LogP contribution in [-0.2, 0) is 9.53 Å². The molecule has 0 aliphatic carbocycles. The first-order valence-electron chi connectivity index (χ1n) is 3.67. The fourth-order valence-electron chi connectivity index (χ4n) is 0.682. The number of nitrogens with one attached hydrogen (secondary N) is 1. The summed E-state index contributed by atoms with van der Waals surface area (Å²) in [7, 11) is 1.47. The minimum absolute atomic E-state index is 0.169. The third-order valence-electron chi connectivity index (χ3n) is 1.28. The van der Waals surface area contributed by atoms with Crippen LogP contribution in [0.2, 0.25) is 0 Å². The molecule has 4 nitrogen and oxygen atoms in total. The Bertz CT molecular complexity index is 168. The van der Waals surface area contributed by atoms with Gasteiger partial charge in [-0.3, -0.25) is 10.1 Å². The maximum Gasteiger partial charge on any atom is 0.323 e. The van der Waals surface area contributed by atoms with Gasteiger partial charge in [0, 0.05) is 13.7 Å². The van der Waals surface area contributed by atoms with Crippen LogP contribution >= 0.6 is 0 Å². The third-order valence-corrected chi connectivity index (χ3v) is 1.28. The van der Waals surface area contributed by atoms with Crippen molar-refractivity contribution in [2.75, 3.05) is 20.3 Å². The number of rotatable bonds is 6. The minimum Gasteiger partial charge on any atom is -0.480 e. The second-order valence-electron chi connectivity index (χ2n) is 2.68. The lowest BCUT2D eigenvalue weighted by atomic mass is 10.3. The fraction of sp³-hybridized carbons (Fsp3) is 0.625. The summed E-state index contributed by atoms with van der Waals surface area (Å²) in [5.74, 6) is -0.905.